The predicted octanol–water partition coefficient (Wildman–Crippen LogP) is 4.02. The molecule has 1 aliphatic rings. The van der Waals surface area contributed by atoms with E-state index in [4.69, 9.17) is 0 Å². The van der Waals surface area contributed by atoms with Gasteiger partial charge in [0, 0.05) is 31.1 Å². The first-order valence-electron chi connectivity index (χ1n) is 9.99. The van der Waals surface area contributed by atoms with Crippen LogP contribution in [0.2, 0.25) is 0 Å². The van der Waals surface area contributed by atoms with E-state index in [0.29, 0.717) is 35.6 Å². The van der Waals surface area contributed by atoms with Gasteiger partial charge in [0.05, 0.1) is 0 Å². The van der Waals surface area contributed by atoms with E-state index in [2.05, 4.69) is 28.4 Å². The molecule has 2 aromatic heterocycles. The molecule has 0 radical (unpaired) electrons. The van der Waals surface area contributed by atoms with E-state index in [0.717, 1.165) is 13.3 Å². The van der Waals surface area contributed by atoms with Crippen LogP contribution in [0, 0.1) is 24.1 Å². The summed E-state index contributed by atoms with van der Waals surface area (Å²) < 4.78 is 43.6. The number of nitriles is 1. The molecule has 0 aliphatic carbocycles. The third-order valence-electron chi connectivity index (χ3n) is 6.00. The number of rotatable bonds is 4. The third kappa shape index (κ3) is 3.51. The van der Waals surface area contributed by atoms with E-state index >= 15 is 0 Å². The third-order valence-corrected chi connectivity index (χ3v) is 6.00. The van der Waals surface area contributed by atoms with Crippen LogP contribution in [0.1, 0.15) is 37.2 Å². The van der Waals surface area contributed by atoms with Crippen molar-refractivity contribution < 1.29 is 13.2 Å². The molecule has 0 spiro atoms. The summed E-state index contributed by atoms with van der Waals surface area (Å²) in [5.74, 6) is -3.83. The lowest BCUT2D eigenvalue weighted by molar-refractivity contribution is 0.00801. The number of alkyl halides is 2. The molecular formula is C22H23F3N6. The van der Waals surface area contributed by atoms with Crippen molar-refractivity contribution in [2.45, 2.75) is 38.7 Å². The van der Waals surface area contributed by atoms with Gasteiger partial charge in [-0.15, -0.1) is 5.10 Å². The number of nitrogens with one attached hydrogen (secondary N) is 1. The van der Waals surface area contributed by atoms with Crippen LogP contribution in [0.15, 0.2) is 24.3 Å². The normalized spacial score (nSPS) is 19.2. The molecule has 1 aromatic carbocycles. The number of anilines is 1. The number of hydrogen-bond donors (Lipinski definition) is 1. The summed E-state index contributed by atoms with van der Waals surface area (Å²) in [5, 5.41) is 17.2. The summed E-state index contributed by atoms with van der Waals surface area (Å²) in [6, 6.07) is 8.11. The number of halogens is 3. The van der Waals surface area contributed by atoms with Gasteiger partial charge in [-0.05, 0) is 50.6 Å². The van der Waals surface area contributed by atoms with E-state index in [-0.39, 0.29) is 16.7 Å². The largest absolute Gasteiger partial charge is 0.354 e. The van der Waals surface area contributed by atoms with Crippen LogP contribution < -0.4 is 10.2 Å². The van der Waals surface area contributed by atoms with Gasteiger partial charge >= 0.3 is 5.92 Å². The zero-order chi connectivity index (χ0) is 22.6. The highest BCUT2D eigenvalue weighted by molar-refractivity contribution is 5.85. The number of aromatic nitrogens is 3. The predicted molar refractivity (Wildman–Crippen MR) is 112 cm³/mol. The second kappa shape index (κ2) is 7.24. The van der Waals surface area contributed by atoms with Gasteiger partial charge in [0.2, 0.25) is 5.82 Å². The number of benzene rings is 1. The van der Waals surface area contributed by atoms with Gasteiger partial charge in [-0.1, -0.05) is 12.1 Å². The summed E-state index contributed by atoms with van der Waals surface area (Å²) >= 11 is 0. The van der Waals surface area contributed by atoms with Crippen LogP contribution in [-0.2, 0) is 5.92 Å². The lowest BCUT2D eigenvalue weighted by Gasteiger charge is -2.28. The van der Waals surface area contributed by atoms with Crippen molar-refractivity contribution in [1.82, 2.24) is 19.9 Å². The average Bonchev–Trinajstić information content (AvgIpc) is 3.32. The maximum Gasteiger partial charge on any atom is 0.305 e. The van der Waals surface area contributed by atoms with E-state index in [1.807, 2.05) is 11.9 Å². The van der Waals surface area contributed by atoms with Gasteiger partial charge < -0.3 is 10.2 Å². The van der Waals surface area contributed by atoms with E-state index < -0.39 is 17.6 Å². The fourth-order valence-corrected chi connectivity index (χ4v) is 4.14. The van der Waals surface area contributed by atoms with Gasteiger partial charge in [0.15, 0.2) is 5.65 Å². The van der Waals surface area contributed by atoms with Gasteiger partial charge in [0.25, 0.3) is 0 Å². The minimum atomic E-state index is -3.27. The monoisotopic (exact) mass is 428 g/mol. The molecule has 3 aromatic rings. The van der Waals surface area contributed by atoms with E-state index in [9.17, 15) is 18.4 Å². The summed E-state index contributed by atoms with van der Waals surface area (Å²) in [6.07, 6.45) is 0.818. The SMILES string of the molecule is CN[C@@]1(C)CCN(c2c(-c3cccc(F)c3)c(C)c(C#N)c3nc(C(C)(F)F)nn23)C1. The topological polar surface area (TPSA) is 69.2 Å². The fourth-order valence-electron chi connectivity index (χ4n) is 4.14. The van der Waals surface area contributed by atoms with Crippen molar-refractivity contribution in [3.63, 3.8) is 0 Å². The van der Waals surface area contributed by atoms with Gasteiger partial charge in [-0.2, -0.15) is 18.6 Å². The molecule has 3 heterocycles. The Balaban J connectivity index is 2.09. The molecule has 1 saturated heterocycles. The van der Waals surface area contributed by atoms with Crippen molar-refractivity contribution in [1.29, 1.82) is 5.26 Å². The van der Waals surface area contributed by atoms with Crippen LogP contribution in [0.3, 0.4) is 0 Å². The molecule has 1 atom stereocenters. The summed E-state index contributed by atoms with van der Waals surface area (Å²) in [7, 11) is 1.88. The lowest BCUT2D eigenvalue weighted by Crippen LogP contribution is -2.42. The average molecular weight is 428 g/mol. The van der Waals surface area contributed by atoms with Crippen molar-refractivity contribution in [2.24, 2.45) is 0 Å². The molecule has 0 unspecified atom stereocenters. The van der Waals surface area contributed by atoms with Crippen molar-refractivity contribution >= 4 is 11.5 Å². The molecule has 0 saturated carbocycles. The maximum absolute atomic E-state index is 14.1. The molecule has 31 heavy (non-hydrogen) atoms. The first-order valence-corrected chi connectivity index (χ1v) is 9.99. The number of likely N-dealkylation sites (N-methyl/N-ethyl adjacent to an activating group) is 1. The summed E-state index contributed by atoms with van der Waals surface area (Å²) in [5.41, 5.74) is 1.70. The lowest BCUT2D eigenvalue weighted by atomic mass is 9.97. The minimum Gasteiger partial charge on any atom is -0.354 e. The second-order valence-corrected chi connectivity index (χ2v) is 8.36. The molecular weight excluding hydrogens is 405 g/mol. The maximum atomic E-state index is 14.1. The van der Waals surface area contributed by atoms with Gasteiger partial charge in [-0.25, -0.2) is 9.37 Å². The summed E-state index contributed by atoms with van der Waals surface area (Å²) in [4.78, 5) is 6.05. The Morgan fingerprint density at radius 2 is 2.06 bits per heavy atom. The van der Waals surface area contributed by atoms with Crippen LogP contribution in [0.4, 0.5) is 19.0 Å². The number of nitrogens with zero attached hydrogens (tertiary/aromatic N) is 5. The number of fused-ring (bicyclic) bond motifs is 1. The van der Waals surface area contributed by atoms with Crippen molar-refractivity contribution in [3.05, 3.63) is 47.0 Å². The molecule has 1 aliphatic heterocycles. The highest BCUT2D eigenvalue weighted by Gasteiger charge is 2.37. The van der Waals surface area contributed by atoms with Gasteiger partial charge in [-0.3, -0.25) is 0 Å². The highest BCUT2D eigenvalue weighted by atomic mass is 19.3. The number of pyridine rings is 1. The first kappa shape index (κ1) is 21.1. The van der Waals surface area contributed by atoms with Crippen molar-refractivity contribution in [3.8, 4) is 17.2 Å². The Morgan fingerprint density at radius 3 is 2.65 bits per heavy atom. The quantitative estimate of drug-likeness (QED) is 0.680. The van der Waals surface area contributed by atoms with Crippen LogP contribution in [0.5, 0.6) is 0 Å². The number of hydrogen-bond acceptors (Lipinski definition) is 5. The highest BCUT2D eigenvalue weighted by Crippen LogP contribution is 2.40. The van der Waals surface area contributed by atoms with E-state index in [1.165, 1.54) is 16.6 Å². The summed E-state index contributed by atoms with van der Waals surface area (Å²) in [6.45, 7) is 5.76. The minimum absolute atomic E-state index is 0.0738. The Morgan fingerprint density at radius 1 is 1.32 bits per heavy atom. The van der Waals surface area contributed by atoms with Crippen LogP contribution >= 0.6 is 0 Å². The molecule has 9 heteroatoms. The Bertz CT molecular complexity index is 1210. The molecule has 0 amide bonds. The fraction of sp³-hybridized carbons (Fsp3) is 0.409. The molecule has 1 fully saturated rings. The molecule has 0 bridgehead atoms. The zero-order valence-corrected chi connectivity index (χ0v) is 17.8. The first-order chi connectivity index (χ1) is 14.6. The Hall–Kier alpha value is -3.12. The Labute approximate surface area is 178 Å². The van der Waals surface area contributed by atoms with Crippen molar-refractivity contribution in [2.75, 3.05) is 25.0 Å². The molecule has 1 N–H and O–H groups in total. The van der Waals surface area contributed by atoms with E-state index in [1.54, 1.807) is 19.1 Å². The molecule has 4 rings (SSSR count). The Kier molecular flexibility index (Phi) is 4.93. The van der Waals surface area contributed by atoms with Crippen LogP contribution in [-0.4, -0.2) is 40.3 Å². The molecule has 162 valence electrons. The second-order valence-electron chi connectivity index (χ2n) is 8.36. The van der Waals surface area contributed by atoms with Crippen LogP contribution in [0.25, 0.3) is 16.8 Å². The van der Waals surface area contributed by atoms with Gasteiger partial charge in [0.1, 0.15) is 23.3 Å². The zero-order valence-electron chi connectivity index (χ0n) is 17.8. The molecule has 6 nitrogen and oxygen atoms in total. The smallest absolute Gasteiger partial charge is 0.305 e. The standard InChI is InChI=1S/C22H23F3N6/c1-13-16(11-26)18-28-20(22(3,24)25)29-31(18)19(30-9-8-21(2,12-30)27-4)17(13)14-6-5-7-15(23)10-14/h5-7,10,27H,8-9,12H2,1-4H3/t21-/m0/s1.